The molecule has 1 amide bonds. The topological polar surface area (TPSA) is 67.5 Å². The molecule has 11 heavy (non-hydrogen) atoms. The van der Waals surface area contributed by atoms with Crippen molar-refractivity contribution in [1.29, 1.82) is 0 Å². The zero-order valence-corrected chi connectivity index (χ0v) is 7.05. The highest BCUT2D eigenvalue weighted by molar-refractivity contribution is 5.89. The van der Waals surface area contributed by atoms with Crippen LogP contribution >= 0.6 is 0 Å². The first-order valence-electron chi connectivity index (χ1n) is 3.59. The molecule has 0 aliphatic heterocycles. The molecule has 3 N–H and O–H groups in total. The van der Waals surface area contributed by atoms with Gasteiger partial charge in [-0.3, -0.25) is 9.79 Å². The fourth-order valence-electron chi connectivity index (χ4n) is 0.688. The van der Waals surface area contributed by atoms with Gasteiger partial charge in [-0.15, -0.1) is 0 Å². The zero-order chi connectivity index (χ0) is 8.69. The molecule has 0 aromatic heterocycles. The standard InChI is InChI=1S/C7H15N3O/c1-9-6(5-8)3-4-7(11)10-2/h3-5,8H2,1-2H3,(H,10,11). The van der Waals surface area contributed by atoms with E-state index in [0.717, 1.165) is 5.71 Å². The summed E-state index contributed by atoms with van der Waals surface area (Å²) < 4.78 is 0. The molecule has 0 saturated carbocycles. The van der Waals surface area contributed by atoms with E-state index in [9.17, 15) is 4.79 Å². The van der Waals surface area contributed by atoms with Crippen molar-refractivity contribution in [3.05, 3.63) is 0 Å². The minimum atomic E-state index is 0.0274. The van der Waals surface area contributed by atoms with E-state index in [2.05, 4.69) is 10.3 Å². The van der Waals surface area contributed by atoms with E-state index in [1.54, 1.807) is 14.1 Å². The maximum absolute atomic E-state index is 10.7. The maximum atomic E-state index is 10.7. The zero-order valence-electron chi connectivity index (χ0n) is 7.05. The van der Waals surface area contributed by atoms with Crippen LogP contribution in [-0.2, 0) is 4.79 Å². The number of nitrogens with two attached hydrogens (primary N) is 1. The molecule has 0 aliphatic rings. The molecular formula is C7H15N3O. The van der Waals surface area contributed by atoms with Crippen LogP contribution in [0.5, 0.6) is 0 Å². The summed E-state index contributed by atoms with van der Waals surface area (Å²) in [6.45, 7) is 0.438. The summed E-state index contributed by atoms with van der Waals surface area (Å²) in [7, 11) is 3.31. The van der Waals surface area contributed by atoms with Crippen molar-refractivity contribution in [3.63, 3.8) is 0 Å². The average Bonchev–Trinajstić information content (AvgIpc) is 2.06. The molecule has 0 aromatic rings. The predicted molar refractivity (Wildman–Crippen MR) is 45.7 cm³/mol. The smallest absolute Gasteiger partial charge is 0.220 e. The van der Waals surface area contributed by atoms with Crippen LogP contribution in [0.2, 0.25) is 0 Å². The molecular weight excluding hydrogens is 142 g/mol. The Bertz CT molecular complexity index is 154. The van der Waals surface area contributed by atoms with Crippen molar-refractivity contribution in [1.82, 2.24) is 5.32 Å². The minimum absolute atomic E-state index is 0.0274. The van der Waals surface area contributed by atoms with Gasteiger partial charge >= 0.3 is 0 Å². The Morgan fingerprint density at radius 3 is 2.55 bits per heavy atom. The molecule has 0 bridgehead atoms. The molecule has 64 valence electrons. The first-order chi connectivity index (χ1) is 5.24. The molecule has 0 spiro atoms. The van der Waals surface area contributed by atoms with Crippen LogP contribution in [0.25, 0.3) is 0 Å². The van der Waals surface area contributed by atoms with Crippen LogP contribution in [0.15, 0.2) is 4.99 Å². The third-order valence-corrected chi connectivity index (χ3v) is 1.47. The van der Waals surface area contributed by atoms with E-state index in [4.69, 9.17) is 5.73 Å². The number of hydrogen-bond acceptors (Lipinski definition) is 3. The van der Waals surface area contributed by atoms with Gasteiger partial charge in [-0.2, -0.15) is 0 Å². The van der Waals surface area contributed by atoms with Gasteiger partial charge in [-0.25, -0.2) is 0 Å². The van der Waals surface area contributed by atoms with E-state index >= 15 is 0 Å². The molecule has 0 radical (unpaired) electrons. The summed E-state index contributed by atoms with van der Waals surface area (Å²) in [6, 6.07) is 0. The molecule has 0 aliphatic carbocycles. The monoisotopic (exact) mass is 157 g/mol. The van der Waals surface area contributed by atoms with Gasteiger partial charge in [-0.1, -0.05) is 0 Å². The van der Waals surface area contributed by atoms with E-state index < -0.39 is 0 Å². The second-order valence-corrected chi connectivity index (χ2v) is 2.17. The Morgan fingerprint density at radius 2 is 2.18 bits per heavy atom. The molecule has 0 rings (SSSR count). The SMILES string of the molecule is CN=C(CN)CCC(=O)NC. The van der Waals surface area contributed by atoms with Crippen LogP contribution in [0.3, 0.4) is 0 Å². The van der Waals surface area contributed by atoms with Gasteiger partial charge in [0.25, 0.3) is 0 Å². The molecule has 0 saturated heterocycles. The number of amides is 1. The quantitative estimate of drug-likeness (QED) is 0.542. The molecule has 4 nitrogen and oxygen atoms in total. The molecule has 4 heteroatoms. The number of carbonyl (C=O) groups excluding carboxylic acids is 1. The number of nitrogens with zero attached hydrogens (tertiary/aromatic N) is 1. The number of aliphatic imine (C=N–C) groups is 1. The molecule has 0 heterocycles. The van der Waals surface area contributed by atoms with Gasteiger partial charge in [-0.05, 0) is 6.42 Å². The lowest BCUT2D eigenvalue weighted by Crippen LogP contribution is -2.21. The third kappa shape index (κ3) is 4.50. The summed E-state index contributed by atoms with van der Waals surface area (Å²) in [5, 5.41) is 2.53. The normalized spacial score (nSPS) is 11.4. The first kappa shape index (κ1) is 10.1. The Hall–Kier alpha value is -0.900. The Kier molecular flexibility index (Phi) is 5.37. The fourth-order valence-corrected chi connectivity index (χ4v) is 0.688. The number of rotatable bonds is 4. The summed E-state index contributed by atoms with van der Waals surface area (Å²) in [4.78, 5) is 14.7. The Balaban J connectivity index is 3.60. The van der Waals surface area contributed by atoms with Gasteiger partial charge < -0.3 is 11.1 Å². The number of nitrogens with one attached hydrogen (secondary N) is 1. The summed E-state index contributed by atoms with van der Waals surface area (Å²) in [5.74, 6) is 0.0274. The van der Waals surface area contributed by atoms with Crippen LogP contribution in [0.4, 0.5) is 0 Å². The third-order valence-electron chi connectivity index (χ3n) is 1.47. The predicted octanol–water partition coefficient (Wildman–Crippen LogP) is -0.458. The molecule has 0 atom stereocenters. The van der Waals surface area contributed by atoms with Crippen LogP contribution < -0.4 is 11.1 Å². The van der Waals surface area contributed by atoms with E-state index in [0.29, 0.717) is 19.4 Å². The number of hydrogen-bond donors (Lipinski definition) is 2. The van der Waals surface area contributed by atoms with Crippen molar-refractivity contribution in [2.24, 2.45) is 10.7 Å². The van der Waals surface area contributed by atoms with Gasteiger partial charge in [0.2, 0.25) is 5.91 Å². The van der Waals surface area contributed by atoms with E-state index in [1.165, 1.54) is 0 Å². The van der Waals surface area contributed by atoms with Gasteiger partial charge in [0.05, 0.1) is 0 Å². The van der Waals surface area contributed by atoms with Crippen molar-refractivity contribution in [2.75, 3.05) is 20.6 Å². The number of carbonyl (C=O) groups is 1. The average molecular weight is 157 g/mol. The summed E-state index contributed by atoms with van der Waals surface area (Å²) >= 11 is 0. The van der Waals surface area contributed by atoms with E-state index in [-0.39, 0.29) is 5.91 Å². The lowest BCUT2D eigenvalue weighted by Gasteiger charge is -2.00. The molecule has 0 aromatic carbocycles. The Labute approximate surface area is 66.9 Å². The largest absolute Gasteiger partial charge is 0.359 e. The fraction of sp³-hybridized carbons (Fsp3) is 0.714. The van der Waals surface area contributed by atoms with Crippen molar-refractivity contribution in [3.8, 4) is 0 Å². The maximum Gasteiger partial charge on any atom is 0.220 e. The summed E-state index contributed by atoms with van der Waals surface area (Å²) in [6.07, 6.45) is 1.13. The van der Waals surface area contributed by atoms with Crippen LogP contribution in [0, 0.1) is 0 Å². The first-order valence-corrected chi connectivity index (χ1v) is 3.59. The van der Waals surface area contributed by atoms with Crippen molar-refractivity contribution in [2.45, 2.75) is 12.8 Å². The van der Waals surface area contributed by atoms with Crippen molar-refractivity contribution < 1.29 is 4.79 Å². The van der Waals surface area contributed by atoms with Crippen LogP contribution in [0.1, 0.15) is 12.8 Å². The van der Waals surface area contributed by atoms with Crippen molar-refractivity contribution >= 4 is 11.6 Å². The van der Waals surface area contributed by atoms with E-state index in [1.807, 2.05) is 0 Å². The highest BCUT2D eigenvalue weighted by Crippen LogP contribution is 1.91. The lowest BCUT2D eigenvalue weighted by molar-refractivity contribution is -0.120. The summed E-state index contributed by atoms with van der Waals surface area (Å²) in [5.41, 5.74) is 6.23. The lowest BCUT2D eigenvalue weighted by atomic mass is 10.2. The molecule has 0 unspecified atom stereocenters. The van der Waals surface area contributed by atoms with Gasteiger partial charge in [0.15, 0.2) is 0 Å². The second kappa shape index (κ2) is 5.85. The highest BCUT2D eigenvalue weighted by Gasteiger charge is 2.00. The van der Waals surface area contributed by atoms with Gasteiger partial charge in [0.1, 0.15) is 0 Å². The van der Waals surface area contributed by atoms with Crippen LogP contribution in [-0.4, -0.2) is 32.3 Å². The highest BCUT2D eigenvalue weighted by atomic mass is 16.1. The Morgan fingerprint density at radius 1 is 1.55 bits per heavy atom. The molecule has 0 fully saturated rings. The second-order valence-electron chi connectivity index (χ2n) is 2.17. The minimum Gasteiger partial charge on any atom is -0.359 e. The van der Waals surface area contributed by atoms with Gasteiger partial charge in [0, 0.05) is 32.8 Å².